The lowest BCUT2D eigenvalue weighted by atomic mass is 10.0. The lowest BCUT2D eigenvalue weighted by Gasteiger charge is -2.09. The Balaban J connectivity index is 1.71. The summed E-state index contributed by atoms with van der Waals surface area (Å²) in [5.74, 6) is 1.09. The molecule has 3 aromatic carbocycles. The Kier molecular flexibility index (Phi) is 5.54. The van der Waals surface area contributed by atoms with Gasteiger partial charge in [-0.25, -0.2) is 9.59 Å². The summed E-state index contributed by atoms with van der Waals surface area (Å²) in [4.78, 5) is 24.1. The predicted molar refractivity (Wildman–Crippen MR) is 115 cm³/mol. The quantitative estimate of drug-likeness (QED) is 0.316. The van der Waals surface area contributed by atoms with Gasteiger partial charge in [0.1, 0.15) is 17.2 Å². The first-order valence-corrected chi connectivity index (χ1v) is 10.1. The molecule has 0 bridgehead atoms. The van der Waals surface area contributed by atoms with Crippen molar-refractivity contribution in [1.29, 1.82) is 0 Å². The first-order chi connectivity index (χ1) is 14.6. The van der Waals surface area contributed by atoms with E-state index in [2.05, 4.69) is 0 Å². The average Bonchev–Trinajstić information content (AvgIpc) is 3.13. The second-order valence-corrected chi connectivity index (χ2v) is 7.31. The number of methoxy groups -OCH3 is 1. The first-order valence-electron chi connectivity index (χ1n) is 9.24. The number of hydrogen-bond donors (Lipinski definition) is 0. The minimum atomic E-state index is -0.521. The van der Waals surface area contributed by atoms with Crippen LogP contribution in [0.2, 0.25) is 0 Å². The fourth-order valence-corrected chi connectivity index (χ4v) is 3.77. The number of hydrogen-bond acceptors (Lipinski definition) is 7. The smallest absolute Gasteiger partial charge is 0.396 e. The second kappa shape index (κ2) is 8.42. The van der Waals surface area contributed by atoms with E-state index in [9.17, 15) is 9.59 Å². The van der Waals surface area contributed by atoms with E-state index in [0.717, 1.165) is 16.9 Å². The first kappa shape index (κ1) is 19.7. The van der Waals surface area contributed by atoms with Gasteiger partial charge in [-0.05, 0) is 48.9 Å². The maximum atomic E-state index is 12.7. The van der Waals surface area contributed by atoms with Gasteiger partial charge < -0.3 is 18.6 Å². The largest absolute Gasteiger partial charge is 0.497 e. The van der Waals surface area contributed by atoms with Gasteiger partial charge in [-0.15, -0.1) is 0 Å². The molecule has 1 heterocycles. The highest BCUT2D eigenvalue weighted by Crippen LogP contribution is 2.35. The zero-order valence-corrected chi connectivity index (χ0v) is 17.2. The fraction of sp³-hybridized carbons (Fsp3) is 0.130. The minimum Gasteiger partial charge on any atom is -0.497 e. The van der Waals surface area contributed by atoms with Crippen molar-refractivity contribution in [2.45, 2.75) is 6.92 Å². The van der Waals surface area contributed by atoms with Gasteiger partial charge in [-0.2, -0.15) is 0 Å². The molecule has 0 atom stereocenters. The van der Waals surface area contributed by atoms with Crippen molar-refractivity contribution in [1.82, 2.24) is 0 Å². The third kappa shape index (κ3) is 4.06. The van der Waals surface area contributed by atoms with E-state index in [1.54, 1.807) is 43.5 Å². The zero-order chi connectivity index (χ0) is 21.1. The van der Waals surface area contributed by atoms with Crippen LogP contribution in [0.25, 0.3) is 21.4 Å². The van der Waals surface area contributed by atoms with Crippen molar-refractivity contribution < 1.29 is 23.4 Å². The van der Waals surface area contributed by atoms with Gasteiger partial charge >= 0.3 is 10.9 Å². The summed E-state index contributed by atoms with van der Waals surface area (Å²) in [6, 6.07) is 17.4. The van der Waals surface area contributed by atoms with Crippen molar-refractivity contribution in [3.05, 3.63) is 76.0 Å². The van der Waals surface area contributed by atoms with Gasteiger partial charge in [0.2, 0.25) is 0 Å². The number of carbonyl (C=O) groups excluding carboxylic acids is 1. The molecule has 0 amide bonds. The molecule has 0 spiro atoms. The zero-order valence-electron chi connectivity index (χ0n) is 16.3. The molecule has 0 saturated heterocycles. The van der Waals surface area contributed by atoms with Gasteiger partial charge in [0.25, 0.3) is 0 Å². The molecule has 7 heteroatoms. The highest BCUT2D eigenvalue weighted by atomic mass is 32.1. The summed E-state index contributed by atoms with van der Waals surface area (Å²) in [6.07, 6.45) is 0. The van der Waals surface area contributed by atoms with Crippen molar-refractivity contribution in [3.8, 4) is 28.4 Å². The predicted octanol–water partition coefficient (Wildman–Crippen LogP) is 5.15. The number of fused-ring (bicyclic) bond motifs is 1. The molecule has 6 nitrogen and oxygen atoms in total. The Labute approximate surface area is 176 Å². The van der Waals surface area contributed by atoms with Crippen molar-refractivity contribution in [2.24, 2.45) is 0 Å². The van der Waals surface area contributed by atoms with E-state index < -0.39 is 10.9 Å². The van der Waals surface area contributed by atoms with Gasteiger partial charge in [0, 0.05) is 11.6 Å². The van der Waals surface area contributed by atoms with E-state index in [4.69, 9.17) is 18.6 Å². The van der Waals surface area contributed by atoms with E-state index in [1.165, 1.54) is 0 Å². The lowest BCUT2D eigenvalue weighted by molar-refractivity contribution is 0.0734. The third-order valence-corrected chi connectivity index (χ3v) is 5.17. The molecule has 0 aliphatic rings. The molecule has 0 saturated carbocycles. The molecule has 0 N–H and O–H groups in total. The average molecular weight is 422 g/mol. The number of benzene rings is 3. The van der Waals surface area contributed by atoms with E-state index in [1.807, 2.05) is 31.2 Å². The molecule has 0 unspecified atom stereocenters. The minimum absolute atomic E-state index is 0.317. The van der Waals surface area contributed by atoms with E-state index in [0.29, 0.717) is 45.3 Å². The molecular weight excluding hydrogens is 404 g/mol. The van der Waals surface area contributed by atoms with Crippen LogP contribution in [-0.4, -0.2) is 19.7 Å². The lowest BCUT2D eigenvalue weighted by Crippen LogP contribution is -2.08. The molecule has 4 rings (SSSR count). The highest BCUT2D eigenvalue weighted by Gasteiger charge is 2.16. The summed E-state index contributed by atoms with van der Waals surface area (Å²) >= 11 is 0.957. The third-order valence-electron chi connectivity index (χ3n) is 4.40. The monoisotopic (exact) mass is 422 g/mol. The van der Waals surface area contributed by atoms with Crippen molar-refractivity contribution in [3.63, 3.8) is 0 Å². The maximum Gasteiger partial charge on any atom is 0.396 e. The van der Waals surface area contributed by atoms with Gasteiger partial charge in [-0.1, -0.05) is 29.5 Å². The topological polar surface area (TPSA) is 75.0 Å². The van der Waals surface area contributed by atoms with Crippen LogP contribution in [0.1, 0.15) is 17.3 Å². The molecule has 0 aliphatic heterocycles. The Bertz CT molecular complexity index is 1250. The van der Waals surface area contributed by atoms with Gasteiger partial charge in [0.05, 0.1) is 24.0 Å². The maximum absolute atomic E-state index is 12.7. The van der Waals surface area contributed by atoms with Crippen LogP contribution in [0.4, 0.5) is 0 Å². The summed E-state index contributed by atoms with van der Waals surface area (Å²) in [6.45, 7) is 2.37. The molecule has 0 aliphatic carbocycles. The Hall–Kier alpha value is -3.58. The second-order valence-electron chi connectivity index (χ2n) is 6.33. The highest BCUT2D eigenvalue weighted by molar-refractivity contribution is 7.16. The van der Waals surface area contributed by atoms with Crippen molar-refractivity contribution in [2.75, 3.05) is 13.7 Å². The normalized spacial score (nSPS) is 10.7. The number of esters is 1. The SMILES string of the molecule is CCOc1cccc(C(=O)Oc2cc(-c3ccc(OC)cc3)c3oc(=O)sc3c2)c1. The van der Waals surface area contributed by atoms with Gasteiger partial charge in [-0.3, -0.25) is 0 Å². The van der Waals surface area contributed by atoms with Gasteiger partial charge in [0.15, 0.2) is 5.58 Å². The molecule has 1 aromatic heterocycles. The van der Waals surface area contributed by atoms with Crippen LogP contribution in [0, 0.1) is 0 Å². The van der Waals surface area contributed by atoms with E-state index in [-0.39, 0.29) is 0 Å². The fourth-order valence-electron chi connectivity index (χ4n) is 3.04. The molecule has 0 fully saturated rings. The Morgan fingerprint density at radius 1 is 1.00 bits per heavy atom. The Morgan fingerprint density at radius 2 is 1.80 bits per heavy atom. The van der Waals surface area contributed by atoms with Crippen LogP contribution in [-0.2, 0) is 0 Å². The van der Waals surface area contributed by atoms with Crippen molar-refractivity contribution >= 4 is 27.6 Å². The molecule has 4 aromatic rings. The summed E-state index contributed by atoms with van der Waals surface area (Å²) in [5.41, 5.74) is 2.28. The van der Waals surface area contributed by atoms with E-state index >= 15 is 0 Å². The van der Waals surface area contributed by atoms with Crippen LogP contribution in [0.15, 0.2) is 69.9 Å². The number of carbonyl (C=O) groups is 1. The molecule has 30 heavy (non-hydrogen) atoms. The number of rotatable bonds is 6. The van der Waals surface area contributed by atoms with Crippen LogP contribution < -0.4 is 19.1 Å². The summed E-state index contributed by atoms with van der Waals surface area (Å²) in [7, 11) is 1.59. The van der Waals surface area contributed by atoms with Crippen LogP contribution in [0.3, 0.4) is 0 Å². The molecular formula is C23H18O6S. The Morgan fingerprint density at radius 3 is 2.53 bits per heavy atom. The summed E-state index contributed by atoms with van der Waals surface area (Å²) in [5, 5.41) is 0. The van der Waals surface area contributed by atoms with Crippen LogP contribution in [0.5, 0.6) is 17.2 Å². The summed E-state index contributed by atoms with van der Waals surface area (Å²) < 4.78 is 22.2. The molecule has 0 radical (unpaired) electrons. The van der Waals surface area contributed by atoms with Crippen LogP contribution >= 0.6 is 11.3 Å². The molecule has 152 valence electrons. The number of ether oxygens (including phenoxy) is 3. The standard InChI is InChI=1S/C23H18O6S/c1-3-27-17-6-4-5-15(11-17)22(24)28-18-12-19(14-7-9-16(26-2)10-8-14)21-20(13-18)30-23(25)29-21/h4-13H,3H2,1-2H3.